The van der Waals surface area contributed by atoms with Crippen LogP contribution in [0.4, 0.5) is 0 Å². The van der Waals surface area contributed by atoms with Crippen molar-refractivity contribution in [3.8, 4) is 11.9 Å². The Kier molecular flexibility index (Phi) is 6.01. The third-order valence-corrected chi connectivity index (χ3v) is 4.97. The molecule has 0 aromatic carbocycles. The molecule has 2 aromatic rings. The van der Waals surface area contributed by atoms with Gasteiger partial charge in [-0.15, -0.1) is 0 Å². The summed E-state index contributed by atoms with van der Waals surface area (Å²) in [5.74, 6) is 0.360. The number of nitriles is 1. The molecular weight excluding hydrogens is 344 g/mol. The van der Waals surface area contributed by atoms with Crippen LogP contribution < -0.4 is 10.1 Å². The summed E-state index contributed by atoms with van der Waals surface area (Å²) >= 11 is 0. The number of ether oxygens (including phenoxy) is 1. The van der Waals surface area contributed by atoms with Crippen LogP contribution in [0.25, 0.3) is 0 Å². The number of aromatic amines is 1. The molecule has 0 unspecified atom stereocenters. The summed E-state index contributed by atoms with van der Waals surface area (Å²) in [5, 5.41) is 19.3. The predicted molar refractivity (Wildman–Crippen MR) is 97.9 cm³/mol. The number of nitrogens with zero attached hydrogens (tertiary/aromatic N) is 4. The number of rotatable bonds is 6. The fourth-order valence-electron chi connectivity index (χ4n) is 3.45. The fraction of sp³-hybridized carbons (Fsp3) is 0.526. The lowest BCUT2D eigenvalue weighted by molar-refractivity contribution is -0.122. The van der Waals surface area contributed by atoms with E-state index in [-0.39, 0.29) is 23.7 Å². The maximum atomic E-state index is 12.3. The van der Waals surface area contributed by atoms with Crippen LogP contribution in [-0.4, -0.2) is 38.2 Å². The van der Waals surface area contributed by atoms with Gasteiger partial charge in [0.1, 0.15) is 12.2 Å². The minimum atomic E-state index is -0.00168. The van der Waals surface area contributed by atoms with E-state index in [2.05, 4.69) is 25.5 Å². The molecule has 8 heteroatoms. The van der Waals surface area contributed by atoms with Crippen LogP contribution in [0.3, 0.4) is 0 Å². The van der Waals surface area contributed by atoms with Gasteiger partial charge in [0.25, 0.3) is 5.88 Å². The minimum absolute atomic E-state index is 0.00168. The summed E-state index contributed by atoms with van der Waals surface area (Å²) in [5.41, 5.74) is 3.31. The van der Waals surface area contributed by atoms with Gasteiger partial charge in [0.15, 0.2) is 0 Å². The molecule has 0 bridgehead atoms. The Morgan fingerprint density at radius 1 is 1.30 bits per heavy atom. The zero-order chi connectivity index (χ0) is 19.2. The highest BCUT2D eigenvalue weighted by Crippen LogP contribution is 2.24. The number of aromatic nitrogens is 4. The molecule has 2 heterocycles. The normalized spacial score (nSPS) is 19.3. The molecule has 1 aliphatic rings. The lowest BCUT2D eigenvalue weighted by atomic mass is 9.92. The number of hydrogen-bond acceptors (Lipinski definition) is 6. The predicted octanol–water partition coefficient (Wildman–Crippen LogP) is 2.13. The molecule has 1 aliphatic carbocycles. The van der Waals surface area contributed by atoms with Gasteiger partial charge in [0.2, 0.25) is 11.6 Å². The van der Waals surface area contributed by atoms with Crippen molar-refractivity contribution in [1.82, 2.24) is 25.5 Å². The van der Waals surface area contributed by atoms with Crippen molar-refractivity contribution in [3.63, 3.8) is 0 Å². The SMILES string of the molecule is Cc1n[nH]c(C)c1CCC(=O)NC1CCC(Oc2nccnc2C#N)CC1. The number of nitrogens with one attached hydrogen (secondary N) is 2. The minimum Gasteiger partial charge on any atom is -0.472 e. The third kappa shape index (κ3) is 4.82. The molecular formula is C19H24N6O2. The lowest BCUT2D eigenvalue weighted by Crippen LogP contribution is -2.39. The Morgan fingerprint density at radius 3 is 2.70 bits per heavy atom. The first-order chi connectivity index (χ1) is 13.1. The third-order valence-electron chi connectivity index (χ3n) is 4.97. The maximum absolute atomic E-state index is 12.3. The summed E-state index contributed by atoms with van der Waals surface area (Å²) in [6, 6.07) is 2.16. The van der Waals surface area contributed by atoms with Crippen LogP contribution in [0.5, 0.6) is 5.88 Å². The molecule has 0 saturated heterocycles. The molecule has 0 atom stereocenters. The highest BCUT2D eigenvalue weighted by Gasteiger charge is 2.25. The van der Waals surface area contributed by atoms with E-state index in [1.54, 1.807) is 0 Å². The summed E-state index contributed by atoms with van der Waals surface area (Å²) < 4.78 is 5.83. The average Bonchev–Trinajstić information content (AvgIpc) is 3.00. The Labute approximate surface area is 158 Å². The molecule has 1 saturated carbocycles. The summed E-state index contributed by atoms with van der Waals surface area (Å²) in [6.45, 7) is 3.93. The monoisotopic (exact) mass is 368 g/mol. The summed E-state index contributed by atoms with van der Waals surface area (Å²) in [6.07, 6.45) is 7.47. The van der Waals surface area contributed by atoms with Crippen LogP contribution in [0.2, 0.25) is 0 Å². The molecule has 2 aromatic heterocycles. The molecule has 1 amide bonds. The Morgan fingerprint density at radius 2 is 2.04 bits per heavy atom. The first-order valence-corrected chi connectivity index (χ1v) is 9.24. The number of hydrogen-bond donors (Lipinski definition) is 2. The van der Waals surface area contributed by atoms with E-state index in [1.165, 1.54) is 12.4 Å². The number of carbonyl (C=O) groups excluding carboxylic acids is 1. The molecule has 3 rings (SSSR count). The molecule has 2 N–H and O–H groups in total. The van der Waals surface area contributed by atoms with Crippen molar-refractivity contribution in [1.29, 1.82) is 5.26 Å². The first-order valence-electron chi connectivity index (χ1n) is 9.24. The summed E-state index contributed by atoms with van der Waals surface area (Å²) in [7, 11) is 0. The van der Waals surface area contributed by atoms with Crippen molar-refractivity contribution in [2.24, 2.45) is 0 Å². The molecule has 27 heavy (non-hydrogen) atoms. The van der Waals surface area contributed by atoms with E-state index in [0.29, 0.717) is 18.7 Å². The first kappa shape index (κ1) is 18.8. The van der Waals surface area contributed by atoms with Gasteiger partial charge < -0.3 is 10.1 Å². The molecule has 1 fully saturated rings. The average molecular weight is 368 g/mol. The van der Waals surface area contributed by atoms with Crippen LogP contribution in [-0.2, 0) is 11.2 Å². The van der Waals surface area contributed by atoms with Gasteiger partial charge in [-0.2, -0.15) is 10.4 Å². The smallest absolute Gasteiger partial charge is 0.251 e. The molecule has 0 radical (unpaired) electrons. The van der Waals surface area contributed by atoms with Crippen molar-refractivity contribution < 1.29 is 9.53 Å². The largest absolute Gasteiger partial charge is 0.472 e. The number of carbonyl (C=O) groups is 1. The van der Waals surface area contributed by atoms with Crippen molar-refractivity contribution in [3.05, 3.63) is 35.0 Å². The molecule has 142 valence electrons. The highest BCUT2D eigenvalue weighted by atomic mass is 16.5. The van der Waals surface area contributed by atoms with Gasteiger partial charge in [0.05, 0.1) is 5.69 Å². The van der Waals surface area contributed by atoms with E-state index < -0.39 is 0 Å². The summed E-state index contributed by atoms with van der Waals surface area (Å²) in [4.78, 5) is 20.3. The fourth-order valence-corrected chi connectivity index (χ4v) is 3.45. The van der Waals surface area contributed by atoms with E-state index in [1.807, 2.05) is 19.9 Å². The lowest BCUT2D eigenvalue weighted by Gasteiger charge is -2.29. The zero-order valence-corrected chi connectivity index (χ0v) is 15.7. The van der Waals surface area contributed by atoms with Gasteiger partial charge >= 0.3 is 0 Å². The number of amides is 1. The maximum Gasteiger partial charge on any atom is 0.251 e. The second-order valence-electron chi connectivity index (χ2n) is 6.89. The van der Waals surface area contributed by atoms with Crippen LogP contribution >= 0.6 is 0 Å². The van der Waals surface area contributed by atoms with E-state index in [9.17, 15) is 4.79 Å². The zero-order valence-electron chi connectivity index (χ0n) is 15.7. The van der Waals surface area contributed by atoms with Crippen LogP contribution in [0.15, 0.2) is 12.4 Å². The van der Waals surface area contributed by atoms with Crippen molar-refractivity contribution in [2.45, 2.75) is 64.5 Å². The topological polar surface area (TPSA) is 117 Å². The van der Waals surface area contributed by atoms with Crippen LogP contribution in [0, 0.1) is 25.2 Å². The molecule has 0 aliphatic heterocycles. The Balaban J connectivity index is 1.43. The van der Waals surface area contributed by atoms with Gasteiger partial charge in [-0.1, -0.05) is 0 Å². The second kappa shape index (κ2) is 8.62. The van der Waals surface area contributed by atoms with E-state index in [0.717, 1.165) is 42.6 Å². The van der Waals surface area contributed by atoms with Gasteiger partial charge in [-0.05, 0) is 51.5 Å². The Bertz CT molecular complexity index is 813. The van der Waals surface area contributed by atoms with E-state index >= 15 is 0 Å². The van der Waals surface area contributed by atoms with Crippen molar-refractivity contribution in [2.75, 3.05) is 0 Å². The van der Waals surface area contributed by atoms with Crippen LogP contribution in [0.1, 0.15) is 54.7 Å². The highest BCUT2D eigenvalue weighted by molar-refractivity contribution is 5.76. The molecule has 0 spiro atoms. The molecule has 8 nitrogen and oxygen atoms in total. The van der Waals surface area contributed by atoms with Crippen molar-refractivity contribution >= 4 is 5.91 Å². The van der Waals surface area contributed by atoms with Gasteiger partial charge in [-0.3, -0.25) is 9.89 Å². The number of aryl methyl sites for hydroxylation is 2. The van der Waals surface area contributed by atoms with Gasteiger partial charge in [-0.25, -0.2) is 9.97 Å². The second-order valence-corrected chi connectivity index (χ2v) is 6.89. The van der Waals surface area contributed by atoms with Gasteiger partial charge in [0, 0.05) is 30.6 Å². The number of H-pyrrole nitrogens is 1. The Hall–Kier alpha value is -2.95. The van der Waals surface area contributed by atoms with E-state index in [4.69, 9.17) is 10.00 Å². The quantitative estimate of drug-likeness (QED) is 0.807. The standard InChI is InChI=1S/C19H24N6O2/c1-12-16(13(2)25-24-12)7-8-18(26)23-14-3-5-15(6-4-14)27-19-17(11-20)21-9-10-22-19/h9-10,14-15H,3-8H2,1-2H3,(H,23,26)(H,24,25).